The number of likely N-dealkylation sites (tertiary alicyclic amines) is 1. The molecule has 2 heterocycles. The summed E-state index contributed by atoms with van der Waals surface area (Å²) in [5.41, 5.74) is 6.56. The largest absolute Gasteiger partial charge is 0.355 e. The predicted molar refractivity (Wildman–Crippen MR) is 81.0 cm³/mol. The van der Waals surface area contributed by atoms with Crippen molar-refractivity contribution < 1.29 is 4.79 Å². The van der Waals surface area contributed by atoms with Gasteiger partial charge in [0.15, 0.2) is 0 Å². The van der Waals surface area contributed by atoms with Gasteiger partial charge in [-0.1, -0.05) is 0 Å². The van der Waals surface area contributed by atoms with Gasteiger partial charge < -0.3 is 11.1 Å². The van der Waals surface area contributed by atoms with Crippen molar-refractivity contribution >= 4 is 21.8 Å². The molecule has 0 aliphatic carbocycles. The van der Waals surface area contributed by atoms with Crippen LogP contribution in [0.1, 0.15) is 18.5 Å². The first-order valence-electron chi connectivity index (χ1n) is 6.98. The molecule has 112 valence electrons. The van der Waals surface area contributed by atoms with Gasteiger partial charge in [0.2, 0.25) is 5.91 Å². The number of aromatic nitrogens is 2. The molecule has 1 amide bonds. The van der Waals surface area contributed by atoms with Crippen molar-refractivity contribution in [3.05, 3.63) is 16.4 Å². The number of amides is 1. The smallest absolute Gasteiger partial charge is 0.224 e. The van der Waals surface area contributed by atoms with Crippen LogP contribution in [0.15, 0.2) is 10.7 Å². The third-order valence-corrected chi connectivity index (χ3v) is 4.37. The summed E-state index contributed by atoms with van der Waals surface area (Å²) in [5, 5.41) is 7.11. The number of rotatable bonds is 5. The highest BCUT2D eigenvalue weighted by Gasteiger charge is 2.26. The average Bonchev–Trinajstić information content (AvgIpc) is 2.77. The predicted octanol–water partition coefficient (Wildman–Crippen LogP) is 0.470. The highest BCUT2D eigenvalue weighted by molar-refractivity contribution is 9.10. The number of hydrogen-bond acceptors (Lipinski definition) is 4. The fourth-order valence-corrected chi connectivity index (χ4v) is 3.05. The van der Waals surface area contributed by atoms with Crippen molar-refractivity contribution in [2.24, 2.45) is 18.7 Å². The molecule has 1 aromatic heterocycles. The third-order valence-electron chi connectivity index (χ3n) is 3.70. The summed E-state index contributed by atoms with van der Waals surface area (Å²) < 4.78 is 2.90. The molecule has 0 aromatic carbocycles. The number of hydrogen-bond donors (Lipinski definition) is 2. The van der Waals surface area contributed by atoms with E-state index < -0.39 is 0 Å². The number of aryl methyl sites for hydroxylation is 1. The Morgan fingerprint density at radius 2 is 2.45 bits per heavy atom. The third kappa shape index (κ3) is 3.80. The molecule has 1 saturated heterocycles. The summed E-state index contributed by atoms with van der Waals surface area (Å²) in [6.45, 7) is 3.69. The molecule has 1 unspecified atom stereocenters. The lowest BCUT2D eigenvalue weighted by atomic mass is 9.97. The maximum atomic E-state index is 12.0. The Morgan fingerprint density at radius 1 is 1.65 bits per heavy atom. The van der Waals surface area contributed by atoms with E-state index in [1.165, 1.54) is 0 Å². The fourth-order valence-electron chi connectivity index (χ4n) is 2.58. The molecule has 0 radical (unpaired) electrons. The van der Waals surface area contributed by atoms with Gasteiger partial charge in [-0.25, -0.2) is 0 Å². The lowest BCUT2D eigenvalue weighted by Gasteiger charge is -2.32. The molecule has 1 fully saturated rings. The minimum absolute atomic E-state index is 0.0716. The Kier molecular flexibility index (Phi) is 5.56. The van der Waals surface area contributed by atoms with Crippen LogP contribution in [0.2, 0.25) is 0 Å². The normalized spacial score (nSPS) is 20.1. The maximum absolute atomic E-state index is 12.0. The standard InChI is InChI=1S/C13H22BrN5O/c1-18-12(11(14)7-17-18)9-19-6-2-3-10(8-19)13(20)16-5-4-15/h7,10H,2-6,8-9,15H2,1H3,(H,16,20). The van der Waals surface area contributed by atoms with Crippen molar-refractivity contribution in [1.82, 2.24) is 20.0 Å². The number of piperidine rings is 1. The lowest BCUT2D eigenvalue weighted by Crippen LogP contribution is -2.43. The highest BCUT2D eigenvalue weighted by Crippen LogP contribution is 2.22. The summed E-state index contributed by atoms with van der Waals surface area (Å²) in [4.78, 5) is 14.3. The van der Waals surface area contributed by atoms with Crippen LogP contribution in [0.4, 0.5) is 0 Å². The molecule has 1 aromatic rings. The van der Waals surface area contributed by atoms with E-state index in [9.17, 15) is 4.79 Å². The minimum Gasteiger partial charge on any atom is -0.355 e. The van der Waals surface area contributed by atoms with E-state index in [2.05, 4.69) is 31.2 Å². The van der Waals surface area contributed by atoms with Gasteiger partial charge in [-0.05, 0) is 35.3 Å². The molecule has 1 aliphatic heterocycles. The summed E-state index contributed by atoms with van der Waals surface area (Å²) in [7, 11) is 1.94. The van der Waals surface area contributed by atoms with E-state index in [0.717, 1.165) is 42.6 Å². The Bertz CT molecular complexity index is 442. The first-order valence-corrected chi connectivity index (χ1v) is 7.77. The van der Waals surface area contributed by atoms with Crippen molar-refractivity contribution in [2.75, 3.05) is 26.2 Å². The van der Waals surface area contributed by atoms with Crippen LogP contribution in [-0.4, -0.2) is 46.8 Å². The van der Waals surface area contributed by atoms with E-state index in [0.29, 0.717) is 13.1 Å². The Hall–Kier alpha value is -0.920. The summed E-state index contributed by atoms with van der Waals surface area (Å²) in [6.07, 6.45) is 3.82. The highest BCUT2D eigenvalue weighted by atomic mass is 79.9. The van der Waals surface area contributed by atoms with Crippen molar-refractivity contribution in [2.45, 2.75) is 19.4 Å². The second-order valence-corrected chi connectivity index (χ2v) is 6.07. The van der Waals surface area contributed by atoms with Crippen LogP contribution in [0, 0.1) is 5.92 Å². The number of carbonyl (C=O) groups excluding carboxylic acids is 1. The average molecular weight is 344 g/mol. The summed E-state index contributed by atoms with van der Waals surface area (Å²) >= 11 is 3.52. The molecule has 0 spiro atoms. The van der Waals surface area contributed by atoms with Gasteiger partial charge in [0.1, 0.15) is 0 Å². The van der Waals surface area contributed by atoms with E-state index in [4.69, 9.17) is 5.73 Å². The Morgan fingerprint density at radius 3 is 3.10 bits per heavy atom. The topological polar surface area (TPSA) is 76.2 Å². The van der Waals surface area contributed by atoms with Crippen LogP contribution >= 0.6 is 15.9 Å². The molecular formula is C13H22BrN5O. The molecule has 6 nitrogen and oxygen atoms in total. The second kappa shape index (κ2) is 7.19. The zero-order valence-corrected chi connectivity index (χ0v) is 13.4. The van der Waals surface area contributed by atoms with Crippen LogP contribution < -0.4 is 11.1 Å². The monoisotopic (exact) mass is 343 g/mol. The molecule has 20 heavy (non-hydrogen) atoms. The van der Waals surface area contributed by atoms with Crippen LogP contribution in [0.25, 0.3) is 0 Å². The van der Waals surface area contributed by atoms with Crippen LogP contribution in [-0.2, 0) is 18.4 Å². The molecule has 3 N–H and O–H groups in total. The molecule has 0 saturated carbocycles. The van der Waals surface area contributed by atoms with Gasteiger partial charge in [-0.3, -0.25) is 14.4 Å². The molecular weight excluding hydrogens is 322 g/mol. The summed E-state index contributed by atoms with van der Waals surface area (Å²) in [6, 6.07) is 0. The Labute approximate surface area is 127 Å². The van der Waals surface area contributed by atoms with E-state index >= 15 is 0 Å². The first-order chi connectivity index (χ1) is 9.61. The van der Waals surface area contributed by atoms with E-state index in [-0.39, 0.29) is 11.8 Å². The zero-order chi connectivity index (χ0) is 14.5. The number of carbonyl (C=O) groups is 1. The molecule has 1 atom stereocenters. The van der Waals surface area contributed by atoms with Gasteiger partial charge in [-0.2, -0.15) is 5.10 Å². The Balaban J connectivity index is 1.92. The molecule has 2 rings (SSSR count). The van der Waals surface area contributed by atoms with Gasteiger partial charge in [0.05, 0.1) is 22.3 Å². The van der Waals surface area contributed by atoms with Gasteiger partial charge in [0.25, 0.3) is 0 Å². The number of nitrogens with zero attached hydrogens (tertiary/aromatic N) is 3. The molecule has 0 bridgehead atoms. The second-order valence-electron chi connectivity index (χ2n) is 5.22. The minimum atomic E-state index is 0.0716. The zero-order valence-electron chi connectivity index (χ0n) is 11.8. The van der Waals surface area contributed by atoms with Gasteiger partial charge in [0, 0.05) is 33.2 Å². The SMILES string of the molecule is Cn1ncc(Br)c1CN1CCCC(C(=O)NCCN)C1. The fraction of sp³-hybridized carbons (Fsp3) is 0.692. The van der Waals surface area contributed by atoms with Crippen LogP contribution in [0.3, 0.4) is 0 Å². The molecule has 7 heteroatoms. The van der Waals surface area contributed by atoms with Gasteiger partial charge in [-0.15, -0.1) is 0 Å². The quantitative estimate of drug-likeness (QED) is 0.814. The lowest BCUT2D eigenvalue weighted by molar-refractivity contribution is -0.126. The van der Waals surface area contributed by atoms with Crippen molar-refractivity contribution in [3.8, 4) is 0 Å². The summed E-state index contributed by atoms with van der Waals surface area (Å²) in [5.74, 6) is 0.200. The number of halogens is 1. The number of nitrogens with one attached hydrogen (secondary N) is 1. The number of nitrogens with two attached hydrogens (primary N) is 1. The maximum Gasteiger partial charge on any atom is 0.224 e. The van der Waals surface area contributed by atoms with E-state index in [1.54, 1.807) is 0 Å². The van der Waals surface area contributed by atoms with Crippen LogP contribution in [0.5, 0.6) is 0 Å². The molecule has 1 aliphatic rings. The van der Waals surface area contributed by atoms with Gasteiger partial charge >= 0.3 is 0 Å². The van der Waals surface area contributed by atoms with E-state index in [1.807, 2.05) is 17.9 Å². The van der Waals surface area contributed by atoms with Crippen molar-refractivity contribution in [3.63, 3.8) is 0 Å². The first kappa shape index (κ1) is 15.5. The van der Waals surface area contributed by atoms with Crippen molar-refractivity contribution in [1.29, 1.82) is 0 Å².